The molecule has 9 heteroatoms. The molecule has 0 saturated heterocycles. The minimum absolute atomic E-state index is 0.249. The Bertz CT molecular complexity index is 544. The number of sulfonamides is 1. The molecule has 16 heavy (non-hydrogen) atoms. The van der Waals surface area contributed by atoms with Gasteiger partial charge in [0.25, 0.3) is 0 Å². The summed E-state index contributed by atoms with van der Waals surface area (Å²) >= 11 is 0. The molecule has 6 nitrogen and oxygen atoms in total. The normalized spacial score (nSPS) is 11.4. The summed E-state index contributed by atoms with van der Waals surface area (Å²) < 4.78 is 47.2. The first-order chi connectivity index (χ1) is 7.20. The highest BCUT2D eigenvalue weighted by Crippen LogP contribution is 2.22. The van der Waals surface area contributed by atoms with Crippen LogP contribution in [0.4, 0.5) is 14.5 Å². The van der Waals surface area contributed by atoms with Gasteiger partial charge in [-0.15, -0.1) is 0 Å². The summed E-state index contributed by atoms with van der Waals surface area (Å²) in [4.78, 5) is 9.23. The minimum atomic E-state index is -4.04. The number of benzene rings is 1. The molecule has 0 heterocycles. The molecule has 0 atom stereocenters. The fraction of sp³-hybridized carbons (Fsp3) is 0.143. The molecule has 88 valence electrons. The van der Waals surface area contributed by atoms with Gasteiger partial charge in [0.2, 0.25) is 15.8 Å². The summed E-state index contributed by atoms with van der Waals surface area (Å²) in [6.07, 6.45) is 0. The quantitative estimate of drug-likeness (QED) is 0.630. The number of nitro benzene ring substituents is 1. The zero-order chi connectivity index (χ0) is 12.5. The molecule has 1 rings (SSSR count). The van der Waals surface area contributed by atoms with E-state index < -0.39 is 43.6 Å². The van der Waals surface area contributed by atoms with Gasteiger partial charge in [-0.3, -0.25) is 10.1 Å². The topological polar surface area (TPSA) is 103 Å². The number of nitrogens with zero attached hydrogens (tertiary/aromatic N) is 1. The first kappa shape index (κ1) is 12.5. The lowest BCUT2D eigenvalue weighted by Crippen LogP contribution is -2.15. The summed E-state index contributed by atoms with van der Waals surface area (Å²) in [5.74, 6) is -3.50. The van der Waals surface area contributed by atoms with E-state index in [1.54, 1.807) is 0 Å². The maximum atomic E-state index is 13.0. The molecule has 0 bridgehead atoms. The van der Waals surface area contributed by atoms with Crippen LogP contribution in [0, 0.1) is 21.7 Å². The van der Waals surface area contributed by atoms with E-state index in [1.165, 1.54) is 0 Å². The number of nitrogens with two attached hydrogens (primary N) is 1. The lowest BCUT2D eigenvalue weighted by atomic mass is 10.2. The van der Waals surface area contributed by atoms with Gasteiger partial charge in [0.05, 0.1) is 10.7 Å². The van der Waals surface area contributed by atoms with E-state index in [1.807, 2.05) is 0 Å². The molecule has 1 aromatic rings. The van der Waals surface area contributed by atoms with Crippen molar-refractivity contribution in [3.63, 3.8) is 0 Å². The molecule has 0 aromatic heterocycles. The Hall–Kier alpha value is -1.61. The Balaban J connectivity index is 3.31. The third-order valence-electron chi connectivity index (χ3n) is 1.67. The molecule has 0 aliphatic rings. The Morgan fingerprint density at radius 1 is 1.31 bits per heavy atom. The number of hydrogen-bond acceptors (Lipinski definition) is 4. The van der Waals surface area contributed by atoms with E-state index in [-0.39, 0.29) is 6.07 Å². The molecule has 0 saturated carbocycles. The molecule has 0 fully saturated rings. The largest absolute Gasteiger partial charge is 0.305 e. The SMILES string of the molecule is NS(=O)(=O)Cc1cc([N+](=O)[O-])c(F)cc1F. The van der Waals surface area contributed by atoms with Crippen LogP contribution in [-0.4, -0.2) is 13.3 Å². The second kappa shape index (κ2) is 4.10. The standard InChI is InChI=1S/C7H6F2N2O4S/c8-5-2-6(9)7(11(12)13)1-4(5)3-16(10,14)15/h1-2H,3H2,(H2,10,14,15). The predicted octanol–water partition coefficient (Wildman–Crippen LogP) is 0.662. The van der Waals surface area contributed by atoms with E-state index in [2.05, 4.69) is 5.14 Å². The van der Waals surface area contributed by atoms with Crippen molar-refractivity contribution in [2.45, 2.75) is 5.75 Å². The minimum Gasteiger partial charge on any atom is -0.258 e. The third kappa shape index (κ3) is 2.94. The van der Waals surface area contributed by atoms with Crippen molar-refractivity contribution >= 4 is 15.7 Å². The van der Waals surface area contributed by atoms with Gasteiger partial charge in [-0.05, 0) is 0 Å². The van der Waals surface area contributed by atoms with Crippen molar-refractivity contribution in [3.05, 3.63) is 39.4 Å². The monoisotopic (exact) mass is 252 g/mol. The molecule has 0 spiro atoms. The van der Waals surface area contributed by atoms with Crippen LogP contribution in [0.3, 0.4) is 0 Å². The fourth-order valence-corrected chi connectivity index (χ4v) is 1.70. The molecular formula is C7H6F2N2O4S. The van der Waals surface area contributed by atoms with Crippen LogP contribution in [0.2, 0.25) is 0 Å². The Morgan fingerprint density at radius 3 is 2.31 bits per heavy atom. The predicted molar refractivity (Wildman–Crippen MR) is 49.8 cm³/mol. The van der Waals surface area contributed by atoms with Gasteiger partial charge in [-0.2, -0.15) is 4.39 Å². The van der Waals surface area contributed by atoms with Crippen LogP contribution in [0.15, 0.2) is 12.1 Å². The summed E-state index contributed by atoms with van der Waals surface area (Å²) in [7, 11) is -4.04. The summed E-state index contributed by atoms with van der Waals surface area (Å²) in [6.45, 7) is 0. The van der Waals surface area contributed by atoms with E-state index in [4.69, 9.17) is 0 Å². The van der Waals surface area contributed by atoms with Gasteiger partial charge in [0.15, 0.2) is 0 Å². The van der Waals surface area contributed by atoms with Crippen LogP contribution in [-0.2, 0) is 15.8 Å². The van der Waals surface area contributed by atoms with E-state index in [0.29, 0.717) is 6.07 Å². The lowest BCUT2D eigenvalue weighted by Gasteiger charge is -2.02. The van der Waals surface area contributed by atoms with Gasteiger partial charge in [-0.25, -0.2) is 17.9 Å². The maximum Gasteiger partial charge on any atom is 0.305 e. The number of rotatable bonds is 3. The molecule has 0 aliphatic heterocycles. The van der Waals surface area contributed by atoms with Crippen molar-refractivity contribution in [3.8, 4) is 0 Å². The van der Waals surface area contributed by atoms with Gasteiger partial charge in [0.1, 0.15) is 5.82 Å². The van der Waals surface area contributed by atoms with Crippen molar-refractivity contribution in [2.75, 3.05) is 0 Å². The number of halogens is 2. The molecule has 0 unspecified atom stereocenters. The van der Waals surface area contributed by atoms with Crippen molar-refractivity contribution in [1.29, 1.82) is 0 Å². The van der Waals surface area contributed by atoms with Crippen LogP contribution < -0.4 is 5.14 Å². The summed E-state index contributed by atoms with van der Waals surface area (Å²) in [5.41, 5.74) is -1.55. The molecule has 1 aromatic carbocycles. The van der Waals surface area contributed by atoms with Crippen molar-refractivity contribution < 1.29 is 22.1 Å². The maximum absolute atomic E-state index is 13.0. The molecular weight excluding hydrogens is 246 g/mol. The highest BCUT2D eigenvalue weighted by Gasteiger charge is 2.20. The molecule has 0 amide bonds. The van der Waals surface area contributed by atoms with Crippen LogP contribution >= 0.6 is 0 Å². The highest BCUT2D eigenvalue weighted by atomic mass is 32.2. The smallest absolute Gasteiger partial charge is 0.258 e. The zero-order valence-corrected chi connectivity index (χ0v) is 8.50. The number of hydrogen-bond donors (Lipinski definition) is 1. The van der Waals surface area contributed by atoms with E-state index in [0.717, 1.165) is 0 Å². The van der Waals surface area contributed by atoms with Gasteiger partial charge < -0.3 is 0 Å². The lowest BCUT2D eigenvalue weighted by molar-refractivity contribution is -0.387. The van der Waals surface area contributed by atoms with Crippen LogP contribution in [0.5, 0.6) is 0 Å². The zero-order valence-electron chi connectivity index (χ0n) is 7.68. The summed E-state index contributed by atoms with van der Waals surface area (Å²) in [6, 6.07) is 0.758. The van der Waals surface area contributed by atoms with Gasteiger partial charge in [0, 0.05) is 17.7 Å². The third-order valence-corrected chi connectivity index (χ3v) is 2.38. The van der Waals surface area contributed by atoms with Gasteiger partial charge in [-0.1, -0.05) is 0 Å². The molecule has 2 N–H and O–H groups in total. The fourth-order valence-electron chi connectivity index (χ4n) is 1.05. The van der Waals surface area contributed by atoms with Crippen LogP contribution in [0.1, 0.15) is 5.56 Å². The van der Waals surface area contributed by atoms with Crippen molar-refractivity contribution in [2.24, 2.45) is 5.14 Å². The first-order valence-corrected chi connectivity index (χ1v) is 5.55. The van der Waals surface area contributed by atoms with E-state index >= 15 is 0 Å². The molecule has 0 aliphatic carbocycles. The Morgan fingerprint density at radius 2 is 1.88 bits per heavy atom. The van der Waals surface area contributed by atoms with E-state index in [9.17, 15) is 27.3 Å². The Labute approximate surface area is 88.9 Å². The Kier molecular flexibility index (Phi) is 3.19. The first-order valence-electron chi connectivity index (χ1n) is 3.83. The highest BCUT2D eigenvalue weighted by molar-refractivity contribution is 7.88. The average molecular weight is 252 g/mol. The summed E-state index contributed by atoms with van der Waals surface area (Å²) in [5, 5.41) is 15.0. The van der Waals surface area contributed by atoms with Crippen molar-refractivity contribution in [1.82, 2.24) is 0 Å². The number of nitro groups is 1. The van der Waals surface area contributed by atoms with Gasteiger partial charge >= 0.3 is 5.69 Å². The second-order valence-electron chi connectivity index (χ2n) is 2.96. The van der Waals surface area contributed by atoms with Crippen LogP contribution in [0.25, 0.3) is 0 Å². The molecule has 0 radical (unpaired) electrons. The average Bonchev–Trinajstić information content (AvgIpc) is 2.07. The second-order valence-corrected chi connectivity index (χ2v) is 4.57. The number of primary sulfonamides is 1.